The number of urea groups is 1. The van der Waals surface area contributed by atoms with Crippen LogP contribution in [0.15, 0.2) is 24.3 Å². The lowest BCUT2D eigenvalue weighted by Gasteiger charge is -2.17. The maximum Gasteiger partial charge on any atom is 0.319 e. The van der Waals surface area contributed by atoms with E-state index in [1.54, 1.807) is 0 Å². The van der Waals surface area contributed by atoms with Crippen LogP contribution in [0.3, 0.4) is 0 Å². The number of hydrogen-bond acceptors (Lipinski definition) is 3. The van der Waals surface area contributed by atoms with Gasteiger partial charge in [0.15, 0.2) is 0 Å². The molecule has 2 amide bonds. The molecule has 0 aliphatic rings. The number of nitrogens with zero attached hydrogens (tertiary/aromatic N) is 1. The fraction of sp³-hybridized carbons (Fsp3) is 0.500. The van der Waals surface area contributed by atoms with Crippen molar-refractivity contribution in [3.8, 4) is 0 Å². The van der Waals surface area contributed by atoms with Crippen LogP contribution in [0.25, 0.3) is 0 Å². The minimum Gasteiger partial charge on any atom is -0.335 e. The molecular weight excluding hydrogens is 240 g/mol. The van der Waals surface area contributed by atoms with Crippen molar-refractivity contribution in [1.29, 1.82) is 0 Å². The van der Waals surface area contributed by atoms with Crippen LogP contribution < -0.4 is 16.4 Å². The van der Waals surface area contributed by atoms with Gasteiger partial charge in [0.1, 0.15) is 0 Å². The van der Waals surface area contributed by atoms with Gasteiger partial charge in [-0.1, -0.05) is 12.1 Å². The monoisotopic (exact) mass is 264 g/mol. The van der Waals surface area contributed by atoms with E-state index in [1.165, 1.54) is 0 Å². The van der Waals surface area contributed by atoms with E-state index in [9.17, 15) is 4.79 Å². The lowest BCUT2D eigenvalue weighted by atomic mass is 10.2. The predicted molar refractivity (Wildman–Crippen MR) is 79.1 cm³/mol. The Morgan fingerprint density at radius 2 is 2.16 bits per heavy atom. The minimum absolute atomic E-state index is 0.139. The van der Waals surface area contributed by atoms with E-state index in [1.807, 2.05) is 45.3 Å². The summed E-state index contributed by atoms with van der Waals surface area (Å²) in [5.41, 5.74) is 7.33. The maximum atomic E-state index is 11.8. The Kier molecular flexibility index (Phi) is 6.32. The van der Waals surface area contributed by atoms with E-state index in [2.05, 4.69) is 15.5 Å². The molecule has 0 heterocycles. The molecule has 0 spiro atoms. The first-order valence-corrected chi connectivity index (χ1v) is 6.52. The van der Waals surface area contributed by atoms with Crippen molar-refractivity contribution >= 4 is 11.7 Å². The van der Waals surface area contributed by atoms with E-state index in [4.69, 9.17) is 5.73 Å². The van der Waals surface area contributed by atoms with Gasteiger partial charge in [0.25, 0.3) is 0 Å². The van der Waals surface area contributed by atoms with Crippen LogP contribution in [0.5, 0.6) is 0 Å². The molecule has 0 bridgehead atoms. The Balaban J connectivity index is 2.41. The van der Waals surface area contributed by atoms with Gasteiger partial charge < -0.3 is 21.3 Å². The highest BCUT2D eigenvalue weighted by molar-refractivity contribution is 5.89. The van der Waals surface area contributed by atoms with Gasteiger partial charge in [-0.25, -0.2) is 4.79 Å². The summed E-state index contributed by atoms with van der Waals surface area (Å²) in [6.45, 7) is 3.42. The first-order chi connectivity index (χ1) is 9.01. The molecule has 1 rings (SSSR count). The highest BCUT2D eigenvalue weighted by atomic mass is 16.2. The maximum absolute atomic E-state index is 11.8. The van der Waals surface area contributed by atoms with Gasteiger partial charge in [-0.3, -0.25) is 0 Å². The Morgan fingerprint density at radius 1 is 1.42 bits per heavy atom. The van der Waals surface area contributed by atoms with E-state index >= 15 is 0 Å². The SMILES string of the molecule is CC(CCN(C)C)NC(=O)Nc1cccc(CN)c1. The van der Waals surface area contributed by atoms with Crippen molar-refractivity contribution < 1.29 is 4.79 Å². The van der Waals surface area contributed by atoms with Crippen molar-refractivity contribution in [1.82, 2.24) is 10.2 Å². The molecule has 19 heavy (non-hydrogen) atoms. The van der Waals surface area contributed by atoms with Crippen LogP contribution in [0, 0.1) is 0 Å². The third-order valence-corrected chi connectivity index (χ3v) is 2.81. The summed E-state index contributed by atoms with van der Waals surface area (Å²) in [5.74, 6) is 0. The number of hydrogen-bond donors (Lipinski definition) is 3. The van der Waals surface area contributed by atoms with Crippen molar-refractivity contribution in [2.24, 2.45) is 5.73 Å². The van der Waals surface area contributed by atoms with Gasteiger partial charge >= 0.3 is 6.03 Å². The Labute approximate surface area is 115 Å². The minimum atomic E-state index is -0.180. The zero-order chi connectivity index (χ0) is 14.3. The second-order valence-corrected chi connectivity index (χ2v) is 5.00. The van der Waals surface area contributed by atoms with Crippen LogP contribution in [-0.2, 0) is 6.54 Å². The summed E-state index contributed by atoms with van der Waals surface area (Å²) in [5, 5.41) is 5.73. The third kappa shape index (κ3) is 6.22. The second kappa shape index (κ2) is 7.76. The average Bonchev–Trinajstić information content (AvgIpc) is 2.36. The number of amides is 2. The quantitative estimate of drug-likeness (QED) is 0.731. The number of carbonyl (C=O) groups is 1. The molecule has 1 unspecified atom stereocenters. The van der Waals surface area contributed by atoms with Crippen LogP contribution >= 0.6 is 0 Å². The van der Waals surface area contributed by atoms with Gasteiger partial charge in [-0.15, -0.1) is 0 Å². The van der Waals surface area contributed by atoms with Gasteiger partial charge in [-0.05, 0) is 51.7 Å². The second-order valence-electron chi connectivity index (χ2n) is 5.00. The summed E-state index contributed by atoms with van der Waals surface area (Å²) in [7, 11) is 4.04. The highest BCUT2D eigenvalue weighted by Gasteiger charge is 2.07. The Hall–Kier alpha value is -1.59. The first kappa shape index (κ1) is 15.5. The molecule has 1 atom stereocenters. The fourth-order valence-corrected chi connectivity index (χ4v) is 1.69. The lowest BCUT2D eigenvalue weighted by molar-refractivity contribution is 0.247. The molecule has 4 N–H and O–H groups in total. The molecule has 0 saturated carbocycles. The van der Waals surface area contributed by atoms with Crippen molar-refractivity contribution in [2.45, 2.75) is 25.9 Å². The summed E-state index contributed by atoms with van der Waals surface area (Å²) >= 11 is 0. The smallest absolute Gasteiger partial charge is 0.319 e. The molecule has 0 radical (unpaired) electrons. The molecule has 0 aromatic heterocycles. The summed E-state index contributed by atoms with van der Waals surface area (Å²) in [4.78, 5) is 13.9. The number of carbonyl (C=O) groups excluding carboxylic acids is 1. The standard InChI is InChI=1S/C14H24N4O/c1-11(7-8-18(2)3)16-14(19)17-13-6-4-5-12(9-13)10-15/h4-6,9,11H,7-8,10,15H2,1-3H3,(H2,16,17,19). The van der Waals surface area contributed by atoms with E-state index in [-0.39, 0.29) is 12.1 Å². The molecule has 5 heteroatoms. The average molecular weight is 264 g/mol. The third-order valence-electron chi connectivity index (χ3n) is 2.81. The number of nitrogens with two attached hydrogens (primary N) is 1. The molecule has 1 aromatic rings. The molecule has 0 saturated heterocycles. The molecular formula is C14H24N4O. The zero-order valence-corrected chi connectivity index (χ0v) is 11.9. The van der Waals surface area contributed by atoms with Crippen LogP contribution in [0.1, 0.15) is 18.9 Å². The molecule has 0 aliphatic heterocycles. The summed E-state index contributed by atoms with van der Waals surface area (Å²) < 4.78 is 0. The van der Waals surface area contributed by atoms with Crippen molar-refractivity contribution in [3.63, 3.8) is 0 Å². The number of nitrogens with one attached hydrogen (secondary N) is 2. The van der Waals surface area contributed by atoms with Gasteiger partial charge in [0, 0.05) is 18.3 Å². The Bertz CT molecular complexity index is 406. The molecule has 106 valence electrons. The Morgan fingerprint density at radius 3 is 2.79 bits per heavy atom. The number of rotatable bonds is 6. The predicted octanol–water partition coefficient (Wildman–Crippen LogP) is 1.61. The molecule has 0 fully saturated rings. The normalized spacial score (nSPS) is 12.3. The van der Waals surface area contributed by atoms with E-state index in [0.29, 0.717) is 6.54 Å². The van der Waals surface area contributed by atoms with Gasteiger partial charge in [0.2, 0.25) is 0 Å². The van der Waals surface area contributed by atoms with Crippen LogP contribution in [-0.4, -0.2) is 37.6 Å². The molecule has 5 nitrogen and oxygen atoms in total. The fourth-order valence-electron chi connectivity index (χ4n) is 1.69. The first-order valence-electron chi connectivity index (χ1n) is 6.52. The van der Waals surface area contributed by atoms with Gasteiger partial charge in [-0.2, -0.15) is 0 Å². The largest absolute Gasteiger partial charge is 0.335 e. The molecule has 0 aliphatic carbocycles. The summed E-state index contributed by atoms with van der Waals surface area (Å²) in [6, 6.07) is 7.50. The van der Waals surface area contributed by atoms with E-state index < -0.39 is 0 Å². The molecule has 1 aromatic carbocycles. The van der Waals surface area contributed by atoms with Crippen LogP contribution in [0.2, 0.25) is 0 Å². The topological polar surface area (TPSA) is 70.4 Å². The summed E-state index contributed by atoms with van der Waals surface area (Å²) in [6.07, 6.45) is 0.920. The number of benzene rings is 1. The van der Waals surface area contributed by atoms with E-state index in [0.717, 1.165) is 24.2 Å². The lowest BCUT2D eigenvalue weighted by Crippen LogP contribution is -2.37. The van der Waals surface area contributed by atoms with Crippen LogP contribution in [0.4, 0.5) is 10.5 Å². The van der Waals surface area contributed by atoms with Crippen molar-refractivity contribution in [2.75, 3.05) is 26.0 Å². The zero-order valence-electron chi connectivity index (χ0n) is 11.9. The number of anilines is 1. The highest BCUT2D eigenvalue weighted by Crippen LogP contribution is 2.09. The van der Waals surface area contributed by atoms with Crippen molar-refractivity contribution in [3.05, 3.63) is 29.8 Å². The van der Waals surface area contributed by atoms with Gasteiger partial charge in [0.05, 0.1) is 0 Å².